The average molecular weight is 214 g/mol. The molecule has 0 fully saturated rings. The van der Waals surface area contributed by atoms with Crippen LogP contribution in [0.25, 0.3) is 0 Å². The van der Waals surface area contributed by atoms with Crippen molar-refractivity contribution < 1.29 is 9.13 Å². The van der Waals surface area contributed by atoms with Gasteiger partial charge in [0.05, 0.1) is 6.61 Å². The molecule has 0 aliphatic heterocycles. The van der Waals surface area contributed by atoms with E-state index in [0.29, 0.717) is 12.2 Å². The summed E-state index contributed by atoms with van der Waals surface area (Å²) >= 11 is 1.84. The molecule has 78 valence electrons. The monoisotopic (exact) mass is 214 g/mol. The first-order chi connectivity index (χ1) is 6.74. The molecule has 1 nitrogen and oxygen atoms in total. The fraction of sp³-hybridized carbons (Fsp3) is 0.455. The lowest BCUT2D eigenvalue weighted by Crippen LogP contribution is -2.00. The number of hydrogen-bond donors (Lipinski definition) is 0. The van der Waals surface area contributed by atoms with Crippen LogP contribution < -0.4 is 4.74 Å². The minimum absolute atomic E-state index is 0.180. The molecule has 1 aromatic rings. The lowest BCUT2D eigenvalue weighted by atomic mass is 10.2. The predicted molar refractivity (Wildman–Crippen MR) is 59.6 cm³/mol. The third-order valence-electron chi connectivity index (χ3n) is 1.83. The second-order valence-electron chi connectivity index (χ2n) is 2.96. The first kappa shape index (κ1) is 11.4. The Morgan fingerprint density at radius 3 is 2.86 bits per heavy atom. The molecule has 0 atom stereocenters. The zero-order chi connectivity index (χ0) is 10.4. The van der Waals surface area contributed by atoms with Crippen LogP contribution in [0.2, 0.25) is 0 Å². The number of hydrogen-bond acceptors (Lipinski definition) is 2. The van der Waals surface area contributed by atoms with E-state index in [4.69, 9.17) is 4.74 Å². The van der Waals surface area contributed by atoms with Crippen molar-refractivity contribution >= 4 is 11.8 Å². The SMILES string of the molecule is CCSCCOc1ccc(F)c(C)c1. The van der Waals surface area contributed by atoms with E-state index < -0.39 is 0 Å². The number of rotatable bonds is 5. The van der Waals surface area contributed by atoms with Crippen LogP contribution >= 0.6 is 11.8 Å². The molecule has 0 unspecified atom stereocenters. The van der Waals surface area contributed by atoms with E-state index in [1.54, 1.807) is 19.1 Å². The van der Waals surface area contributed by atoms with Crippen LogP contribution in [0.15, 0.2) is 18.2 Å². The van der Waals surface area contributed by atoms with Crippen LogP contribution in [-0.2, 0) is 0 Å². The minimum Gasteiger partial charge on any atom is -0.493 e. The molecule has 0 saturated carbocycles. The number of thioether (sulfide) groups is 1. The Morgan fingerprint density at radius 2 is 2.21 bits per heavy atom. The van der Waals surface area contributed by atoms with Gasteiger partial charge in [0.2, 0.25) is 0 Å². The van der Waals surface area contributed by atoms with Gasteiger partial charge in [-0.15, -0.1) is 0 Å². The van der Waals surface area contributed by atoms with Crippen LogP contribution in [-0.4, -0.2) is 18.1 Å². The van der Waals surface area contributed by atoms with Gasteiger partial charge in [-0.3, -0.25) is 0 Å². The molecule has 1 rings (SSSR count). The van der Waals surface area contributed by atoms with E-state index in [0.717, 1.165) is 17.3 Å². The Labute approximate surface area is 88.7 Å². The maximum Gasteiger partial charge on any atom is 0.126 e. The Bertz CT molecular complexity index is 289. The number of aryl methyl sites for hydroxylation is 1. The molecule has 3 heteroatoms. The second kappa shape index (κ2) is 5.91. The first-order valence-electron chi connectivity index (χ1n) is 4.70. The van der Waals surface area contributed by atoms with Gasteiger partial charge in [-0.1, -0.05) is 6.92 Å². The Morgan fingerprint density at radius 1 is 1.43 bits per heavy atom. The summed E-state index contributed by atoms with van der Waals surface area (Å²) < 4.78 is 18.3. The number of ether oxygens (including phenoxy) is 1. The molecule has 0 amide bonds. The van der Waals surface area contributed by atoms with Crippen LogP contribution in [0, 0.1) is 12.7 Å². The molecule has 0 aromatic heterocycles. The van der Waals surface area contributed by atoms with Crippen molar-refractivity contribution in [1.29, 1.82) is 0 Å². The first-order valence-corrected chi connectivity index (χ1v) is 5.86. The molecule has 0 radical (unpaired) electrons. The molecule has 1 aromatic carbocycles. The quantitative estimate of drug-likeness (QED) is 0.696. The van der Waals surface area contributed by atoms with E-state index in [1.165, 1.54) is 6.07 Å². The summed E-state index contributed by atoms with van der Waals surface area (Å²) in [6.07, 6.45) is 0. The van der Waals surface area contributed by atoms with Crippen LogP contribution in [0.1, 0.15) is 12.5 Å². The number of benzene rings is 1. The van der Waals surface area contributed by atoms with Crippen LogP contribution in [0.4, 0.5) is 4.39 Å². The highest BCUT2D eigenvalue weighted by molar-refractivity contribution is 7.99. The molecular formula is C11H15FOS. The molecular weight excluding hydrogens is 199 g/mol. The van der Waals surface area contributed by atoms with E-state index in [-0.39, 0.29) is 5.82 Å². The lowest BCUT2D eigenvalue weighted by Gasteiger charge is -2.06. The van der Waals surface area contributed by atoms with Gasteiger partial charge in [0.1, 0.15) is 11.6 Å². The summed E-state index contributed by atoms with van der Waals surface area (Å²) in [5, 5.41) is 0. The predicted octanol–water partition coefficient (Wildman–Crippen LogP) is 3.27. The standard InChI is InChI=1S/C11H15FOS/c1-3-14-7-6-13-10-4-5-11(12)9(2)8-10/h4-5,8H,3,6-7H2,1-2H3. The third-order valence-corrected chi connectivity index (χ3v) is 2.69. The Kier molecular flexibility index (Phi) is 4.80. The topological polar surface area (TPSA) is 9.23 Å². The lowest BCUT2D eigenvalue weighted by molar-refractivity contribution is 0.343. The van der Waals surface area contributed by atoms with E-state index in [2.05, 4.69) is 6.92 Å². The fourth-order valence-corrected chi connectivity index (χ4v) is 1.56. The van der Waals surface area contributed by atoms with E-state index in [1.807, 2.05) is 11.8 Å². The highest BCUT2D eigenvalue weighted by Crippen LogP contribution is 2.16. The van der Waals surface area contributed by atoms with Crippen molar-refractivity contribution in [2.45, 2.75) is 13.8 Å². The van der Waals surface area contributed by atoms with Gasteiger partial charge in [0, 0.05) is 5.75 Å². The summed E-state index contributed by atoms with van der Waals surface area (Å²) in [5.74, 6) is 2.65. The summed E-state index contributed by atoms with van der Waals surface area (Å²) in [4.78, 5) is 0. The maximum absolute atomic E-state index is 12.9. The zero-order valence-corrected chi connectivity index (χ0v) is 9.36. The van der Waals surface area contributed by atoms with Crippen molar-refractivity contribution in [3.8, 4) is 5.75 Å². The Hall–Kier alpha value is -0.700. The zero-order valence-electron chi connectivity index (χ0n) is 8.55. The molecule has 14 heavy (non-hydrogen) atoms. The van der Waals surface area contributed by atoms with Crippen molar-refractivity contribution in [2.75, 3.05) is 18.1 Å². The van der Waals surface area contributed by atoms with Crippen LogP contribution in [0.3, 0.4) is 0 Å². The van der Waals surface area contributed by atoms with Gasteiger partial charge >= 0.3 is 0 Å². The van der Waals surface area contributed by atoms with Crippen molar-refractivity contribution in [3.63, 3.8) is 0 Å². The summed E-state index contributed by atoms with van der Waals surface area (Å²) in [7, 11) is 0. The van der Waals surface area contributed by atoms with Gasteiger partial charge < -0.3 is 4.74 Å². The van der Waals surface area contributed by atoms with Crippen molar-refractivity contribution in [1.82, 2.24) is 0 Å². The minimum atomic E-state index is -0.180. The molecule has 0 bridgehead atoms. The van der Waals surface area contributed by atoms with Crippen LogP contribution in [0.5, 0.6) is 5.75 Å². The average Bonchev–Trinajstić information content (AvgIpc) is 2.18. The van der Waals surface area contributed by atoms with Crippen molar-refractivity contribution in [2.24, 2.45) is 0 Å². The normalized spacial score (nSPS) is 10.2. The van der Waals surface area contributed by atoms with Gasteiger partial charge in [-0.25, -0.2) is 4.39 Å². The van der Waals surface area contributed by atoms with Gasteiger partial charge in [-0.05, 0) is 36.4 Å². The highest BCUT2D eigenvalue weighted by atomic mass is 32.2. The third kappa shape index (κ3) is 3.58. The van der Waals surface area contributed by atoms with Crippen molar-refractivity contribution in [3.05, 3.63) is 29.6 Å². The van der Waals surface area contributed by atoms with Gasteiger partial charge in [0.15, 0.2) is 0 Å². The fourth-order valence-electron chi connectivity index (χ4n) is 1.07. The highest BCUT2D eigenvalue weighted by Gasteiger charge is 1.99. The van der Waals surface area contributed by atoms with Gasteiger partial charge in [0.25, 0.3) is 0 Å². The van der Waals surface area contributed by atoms with E-state index in [9.17, 15) is 4.39 Å². The molecule has 0 aliphatic carbocycles. The summed E-state index contributed by atoms with van der Waals surface area (Å²) in [5.41, 5.74) is 0.630. The van der Waals surface area contributed by atoms with Gasteiger partial charge in [-0.2, -0.15) is 11.8 Å². The molecule has 0 N–H and O–H groups in total. The molecule has 0 saturated heterocycles. The molecule has 0 aliphatic rings. The summed E-state index contributed by atoms with van der Waals surface area (Å²) in [6, 6.07) is 4.84. The number of halogens is 1. The summed E-state index contributed by atoms with van der Waals surface area (Å²) in [6.45, 7) is 4.54. The Balaban J connectivity index is 2.39. The maximum atomic E-state index is 12.9. The largest absolute Gasteiger partial charge is 0.493 e. The second-order valence-corrected chi connectivity index (χ2v) is 4.35. The molecule has 0 heterocycles. The smallest absolute Gasteiger partial charge is 0.126 e. The molecule has 0 spiro atoms. The van der Waals surface area contributed by atoms with E-state index >= 15 is 0 Å².